The topological polar surface area (TPSA) is 107 Å². The number of carbonyl (C=O) groups is 1. The van der Waals surface area contributed by atoms with Crippen LogP contribution in [0.1, 0.15) is 6.92 Å². The first kappa shape index (κ1) is 20.6. The van der Waals surface area contributed by atoms with E-state index in [4.69, 9.17) is 8.83 Å². The Balaban J connectivity index is 1.32. The number of hydrogen-bond acceptors (Lipinski definition) is 10. The molecule has 11 heteroatoms. The van der Waals surface area contributed by atoms with Crippen LogP contribution in [0.25, 0.3) is 33.5 Å². The highest BCUT2D eigenvalue weighted by Crippen LogP contribution is 2.32. The molecule has 5 heterocycles. The molecule has 32 heavy (non-hydrogen) atoms. The van der Waals surface area contributed by atoms with Gasteiger partial charge in [-0.05, 0) is 42.6 Å². The maximum atomic E-state index is 12.7. The molecule has 0 radical (unpaired) electrons. The smallest absolute Gasteiger partial charge is 0.239 e. The molecule has 1 amide bonds. The Hall–Kier alpha value is -3.28. The van der Waals surface area contributed by atoms with Crippen LogP contribution in [0.2, 0.25) is 0 Å². The number of aromatic nitrogens is 4. The van der Waals surface area contributed by atoms with Crippen molar-refractivity contribution >= 4 is 45.5 Å². The average Bonchev–Trinajstić information content (AvgIpc) is 3.61. The van der Waals surface area contributed by atoms with Gasteiger partial charge in [-0.15, -0.1) is 32.9 Å². The van der Waals surface area contributed by atoms with Crippen molar-refractivity contribution < 1.29 is 13.6 Å². The number of nitrogens with zero attached hydrogens (tertiary/aromatic N) is 4. The largest absolute Gasteiger partial charge is 0.463 e. The highest BCUT2D eigenvalue weighted by molar-refractivity contribution is 8.00. The monoisotopic (exact) mass is 481 g/mol. The van der Waals surface area contributed by atoms with Gasteiger partial charge in [0.15, 0.2) is 22.3 Å². The molecule has 160 valence electrons. The molecule has 1 N–H and O–H groups in total. The second kappa shape index (κ2) is 9.07. The van der Waals surface area contributed by atoms with E-state index in [-0.39, 0.29) is 5.91 Å². The van der Waals surface area contributed by atoms with Gasteiger partial charge < -0.3 is 14.2 Å². The number of furan rings is 2. The third-order valence-corrected chi connectivity index (χ3v) is 6.94. The summed E-state index contributed by atoms with van der Waals surface area (Å²) in [6.07, 6.45) is 3.12. The van der Waals surface area contributed by atoms with Crippen LogP contribution in [0.3, 0.4) is 0 Å². The van der Waals surface area contributed by atoms with Gasteiger partial charge >= 0.3 is 0 Å². The highest BCUT2D eigenvalue weighted by Gasteiger charge is 2.22. The zero-order valence-electron chi connectivity index (χ0n) is 16.6. The van der Waals surface area contributed by atoms with Crippen molar-refractivity contribution in [1.82, 2.24) is 20.2 Å². The number of rotatable bonds is 7. The molecule has 1 unspecified atom stereocenters. The normalized spacial score (nSPS) is 12.0. The van der Waals surface area contributed by atoms with Crippen molar-refractivity contribution in [3.8, 4) is 33.5 Å². The molecular weight excluding hydrogens is 466 g/mol. The maximum Gasteiger partial charge on any atom is 0.239 e. The lowest BCUT2D eigenvalue weighted by Crippen LogP contribution is -2.22. The number of thiophene rings is 1. The SMILES string of the molecule is CC(Sc1nnc(-c2ccco2)c(-c2ccco2)n1)C(=O)Nc1nc(-c2cccs2)cs1. The Morgan fingerprint density at radius 2 is 1.78 bits per heavy atom. The fourth-order valence-electron chi connectivity index (χ4n) is 2.81. The van der Waals surface area contributed by atoms with Crippen LogP contribution in [0.5, 0.6) is 0 Å². The van der Waals surface area contributed by atoms with E-state index in [0.29, 0.717) is 33.2 Å². The van der Waals surface area contributed by atoms with E-state index in [2.05, 4.69) is 25.5 Å². The molecule has 1 atom stereocenters. The highest BCUT2D eigenvalue weighted by atomic mass is 32.2. The fraction of sp³-hybridized carbons (Fsp3) is 0.0952. The number of anilines is 1. The van der Waals surface area contributed by atoms with Gasteiger partial charge in [-0.1, -0.05) is 17.8 Å². The van der Waals surface area contributed by atoms with E-state index in [9.17, 15) is 4.79 Å². The summed E-state index contributed by atoms with van der Waals surface area (Å²) in [5.74, 6) is 0.874. The second-order valence-electron chi connectivity index (χ2n) is 6.51. The molecule has 0 fully saturated rings. The van der Waals surface area contributed by atoms with Gasteiger partial charge in [0.2, 0.25) is 11.1 Å². The van der Waals surface area contributed by atoms with Gasteiger partial charge in [-0.25, -0.2) is 9.97 Å². The Morgan fingerprint density at radius 1 is 1.00 bits per heavy atom. The Bertz CT molecular complexity index is 1310. The van der Waals surface area contributed by atoms with Gasteiger partial charge in [0.05, 0.1) is 28.3 Å². The number of thiazole rings is 1. The number of hydrogen-bond donors (Lipinski definition) is 1. The van der Waals surface area contributed by atoms with Crippen LogP contribution in [-0.4, -0.2) is 31.3 Å². The quantitative estimate of drug-likeness (QED) is 0.295. The minimum atomic E-state index is -0.468. The summed E-state index contributed by atoms with van der Waals surface area (Å²) in [5, 5.41) is 15.7. The predicted molar refractivity (Wildman–Crippen MR) is 125 cm³/mol. The maximum absolute atomic E-state index is 12.7. The van der Waals surface area contributed by atoms with Crippen LogP contribution >= 0.6 is 34.4 Å². The lowest BCUT2D eigenvalue weighted by Gasteiger charge is -2.10. The summed E-state index contributed by atoms with van der Waals surface area (Å²) in [6.45, 7) is 1.78. The van der Waals surface area contributed by atoms with E-state index < -0.39 is 5.25 Å². The molecule has 0 aromatic carbocycles. The van der Waals surface area contributed by atoms with E-state index in [1.165, 1.54) is 23.1 Å². The van der Waals surface area contributed by atoms with Crippen LogP contribution in [0, 0.1) is 0 Å². The standard InChI is InChI=1S/C21H15N5O3S3/c1-12(19(27)24-20-22-13(11-31-20)16-7-4-10-30-16)32-21-23-17(14-5-2-8-28-14)18(25-26-21)15-6-3-9-29-15/h2-12H,1H3,(H,22,24,27). The molecule has 0 aliphatic heterocycles. The Labute approximate surface area is 194 Å². The lowest BCUT2D eigenvalue weighted by molar-refractivity contribution is -0.115. The molecule has 0 saturated heterocycles. The minimum Gasteiger partial charge on any atom is -0.463 e. The summed E-state index contributed by atoms with van der Waals surface area (Å²) in [6, 6.07) is 11.1. The zero-order chi connectivity index (χ0) is 21.9. The second-order valence-corrected chi connectivity index (χ2v) is 9.62. The van der Waals surface area contributed by atoms with Crippen molar-refractivity contribution in [1.29, 1.82) is 0 Å². The third kappa shape index (κ3) is 4.35. The van der Waals surface area contributed by atoms with Crippen molar-refractivity contribution in [2.75, 3.05) is 5.32 Å². The summed E-state index contributed by atoms with van der Waals surface area (Å²) < 4.78 is 11.0. The number of nitrogens with one attached hydrogen (secondary N) is 1. The molecule has 0 saturated carbocycles. The van der Waals surface area contributed by atoms with Crippen LogP contribution in [0.15, 0.2) is 73.7 Å². The van der Waals surface area contributed by atoms with Crippen LogP contribution in [0.4, 0.5) is 5.13 Å². The molecular formula is C21H15N5O3S3. The van der Waals surface area contributed by atoms with E-state index in [1.54, 1.807) is 55.1 Å². The van der Waals surface area contributed by atoms with Gasteiger partial charge in [0.25, 0.3) is 0 Å². The molecule has 0 aliphatic carbocycles. The molecule has 5 aromatic heterocycles. The summed E-state index contributed by atoms with van der Waals surface area (Å²) in [5.41, 5.74) is 1.82. The Morgan fingerprint density at radius 3 is 2.47 bits per heavy atom. The first-order valence-electron chi connectivity index (χ1n) is 9.47. The van der Waals surface area contributed by atoms with Gasteiger partial charge in [0, 0.05) is 5.38 Å². The first-order chi connectivity index (χ1) is 15.7. The lowest BCUT2D eigenvalue weighted by atomic mass is 10.2. The van der Waals surface area contributed by atoms with Crippen molar-refractivity contribution in [3.63, 3.8) is 0 Å². The zero-order valence-corrected chi connectivity index (χ0v) is 19.0. The van der Waals surface area contributed by atoms with Crippen molar-refractivity contribution in [3.05, 3.63) is 59.7 Å². The number of thioether (sulfide) groups is 1. The van der Waals surface area contributed by atoms with Crippen molar-refractivity contribution in [2.24, 2.45) is 0 Å². The molecule has 5 rings (SSSR count). The first-order valence-corrected chi connectivity index (χ1v) is 12.1. The fourth-order valence-corrected chi connectivity index (χ4v) is 5.00. The molecule has 0 bridgehead atoms. The number of amides is 1. The van der Waals surface area contributed by atoms with E-state index >= 15 is 0 Å². The molecule has 0 aliphatic rings. The average molecular weight is 482 g/mol. The number of carbonyl (C=O) groups excluding carboxylic acids is 1. The van der Waals surface area contributed by atoms with Gasteiger partial charge in [-0.2, -0.15) is 0 Å². The molecule has 5 aromatic rings. The van der Waals surface area contributed by atoms with Gasteiger partial charge in [0.1, 0.15) is 5.69 Å². The molecule has 0 spiro atoms. The summed E-state index contributed by atoms with van der Waals surface area (Å²) in [7, 11) is 0. The summed E-state index contributed by atoms with van der Waals surface area (Å²) in [4.78, 5) is 22.8. The summed E-state index contributed by atoms with van der Waals surface area (Å²) >= 11 is 4.20. The van der Waals surface area contributed by atoms with Gasteiger partial charge in [-0.3, -0.25) is 4.79 Å². The third-order valence-electron chi connectivity index (χ3n) is 4.34. The van der Waals surface area contributed by atoms with E-state index in [0.717, 1.165) is 10.6 Å². The van der Waals surface area contributed by atoms with E-state index in [1.807, 2.05) is 22.9 Å². The minimum absolute atomic E-state index is 0.194. The predicted octanol–water partition coefficient (Wildman–Crippen LogP) is 5.70. The van der Waals surface area contributed by atoms with Crippen LogP contribution < -0.4 is 5.32 Å². The van der Waals surface area contributed by atoms with Crippen LogP contribution in [-0.2, 0) is 4.79 Å². The molecule has 8 nitrogen and oxygen atoms in total. The Kier molecular flexibility index (Phi) is 5.84. The van der Waals surface area contributed by atoms with Crippen molar-refractivity contribution in [2.45, 2.75) is 17.3 Å².